The topological polar surface area (TPSA) is 54.9 Å². The van der Waals surface area contributed by atoms with Crippen LogP contribution in [0.15, 0.2) is 97.7 Å². The molecule has 0 spiro atoms. The van der Waals surface area contributed by atoms with Crippen LogP contribution in [-0.2, 0) is 0 Å². The lowest BCUT2D eigenvalue weighted by Crippen LogP contribution is -2.49. The molecule has 0 aliphatic carbocycles. The van der Waals surface area contributed by atoms with Gasteiger partial charge in [-0.2, -0.15) is 0 Å². The number of nitrogens with zero attached hydrogens (tertiary/aromatic N) is 3. The summed E-state index contributed by atoms with van der Waals surface area (Å²) in [6.45, 7) is 14.1. The van der Waals surface area contributed by atoms with E-state index in [0.29, 0.717) is 30.2 Å². The van der Waals surface area contributed by atoms with Crippen molar-refractivity contribution in [2.45, 2.75) is 33.8 Å². The van der Waals surface area contributed by atoms with Crippen molar-refractivity contribution < 1.29 is 14.3 Å². The highest BCUT2D eigenvalue weighted by Gasteiger charge is 2.24. The molecule has 6 nitrogen and oxygen atoms in total. The van der Waals surface area contributed by atoms with Crippen LogP contribution in [0.25, 0.3) is 0 Å². The number of rotatable bonds is 6. The predicted octanol–water partition coefficient (Wildman–Crippen LogP) is 6.97. The molecule has 1 saturated heterocycles. The van der Waals surface area contributed by atoms with Gasteiger partial charge < -0.3 is 19.3 Å². The Morgan fingerprint density at radius 2 is 1.55 bits per heavy atom. The number of allylic oxidation sites excluding steroid dienone is 3. The van der Waals surface area contributed by atoms with Gasteiger partial charge in [-0.25, -0.2) is 4.98 Å². The number of amides is 1. The van der Waals surface area contributed by atoms with E-state index in [9.17, 15) is 4.79 Å². The maximum atomic E-state index is 13.1. The molecule has 0 radical (unpaired) electrons. The molecule has 0 bridgehead atoms. The third-order valence-electron chi connectivity index (χ3n) is 5.86. The molecule has 3 aromatic rings. The fourth-order valence-corrected chi connectivity index (χ4v) is 3.74. The summed E-state index contributed by atoms with van der Waals surface area (Å²) >= 11 is 0. The minimum absolute atomic E-state index is 0.00151. The normalized spacial score (nSPS) is 13.4. The van der Waals surface area contributed by atoms with E-state index in [2.05, 4.69) is 16.5 Å². The maximum absolute atomic E-state index is 13.1. The summed E-state index contributed by atoms with van der Waals surface area (Å²) in [6.07, 6.45) is 7.41. The van der Waals surface area contributed by atoms with E-state index in [1.54, 1.807) is 25.4 Å². The fourth-order valence-electron chi connectivity index (χ4n) is 3.74. The number of ether oxygens (including phenoxy) is 2. The summed E-state index contributed by atoms with van der Waals surface area (Å²) in [5, 5.41) is 0. The molecule has 0 saturated carbocycles. The van der Waals surface area contributed by atoms with Crippen LogP contribution in [0.3, 0.4) is 0 Å². The largest absolute Gasteiger partial charge is 0.493 e. The molecule has 1 aromatic heterocycles. The Labute approximate surface area is 228 Å². The van der Waals surface area contributed by atoms with Gasteiger partial charge in [0.05, 0.1) is 7.11 Å². The van der Waals surface area contributed by atoms with Crippen LogP contribution in [0.1, 0.15) is 49.7 Å². The number of hydrogen-bond acceptors (Lipinski definition) is 5. The lowest BCUT2D eigenvalue weighted by atomic mass is 10.1. The molecule has 202 valence electrons. The van der Waals surface area contributed by atoms with Gasteiger partial charge >= 0.3 is 0 Å². The number of carbonyl (C=O) groups is 1. The molecule has 0 N–H and O–H groups in total. The lowest BCUT2D eigenvalue weighted by Gasteiger charge is -2.35. The first-order valence-electron chi connectivity index (χ1n) is 13.0. The molecule has 1 fully saturated rings. The van der Waals surface area contributed by atoms with E-state index in [-0.39, 0.29) is 12.0 Å². The van der Waals surface area contributed by atoms with Gasteiger partial charge in [0.15, 0.2) is 11.5 Å². The van der Waals surface area contributed by atoms with Crippen molar-refractivity contribution in [2.24, 2.45) is 0 Å². The lowest BCUT2D eigenvalue weighted by molar-refractivity contribution is 0.0746. The molecule has 6 heteroatoms. The second-order valence-electron chi connectivity index (χ2n) is 8.58. The molecule has 1 unspecified atom stereocenters. The summed E-state index contributed by atoms with van der Waals surface area (Å²) in [5.41, 5.74) is 1.68. The fraction of sp³-hybridized carbons (Fsp3) is 0.312. The Hall–Kier alpha value is -4.06. The third kappa shape index (κ3) is 9.11. The van der Waals surface area contributed by atoms with Gasteiger partial charge in [0, 0.05) is 37.9 Å². The second kappa shape index (κ2) is 16.6. The highest BCUT2D eigenvalue weighted by molar-refractivity contribution is 5.95. The van der Waals surface area contributed by atoms with Crippen LogP contribution in [0.4, 0.5) is 5.82 Å². The van der Waals surface area contributed by atoms with Gasteiger partial charge in [-0.15, -0.1) is 6.58 Å². The van der Waals surface area contributed by atoms with E-state index < -0.39 is 0 Å². The van der Waals surface area contributed by atoms with Crippen molar-refractivity contribution >= 4 is 11.7 Å². The Morgan fingerprint density at radius 1 is 0.921 bits per heavy atom. The molecule has 1 atom stereocenters. The zero-order valence-corrected chi connectivity index (χ0v) is 23.3. The minimum atomic E-state index is -0.128. The number of methoxy groups -OCH3 is 1. The number of piperazine rings is 1. The molecular weight excluding hydrogens is 474 g/mol. The first-order valence-corrected chi connectivity index (χ1v) is 13.0. The summed E-state index contributed by atoms with van der Waals surface area (Å²) < 4.78 is 11.6. The molecule has 1 aliphatic heterocycles. The Kier molecular flexibility index (Phi) is 13.2. The quantitative estimate of drug-likeness (QED) is 0.332. The number of aromatic nitrogens is 1. The summed E-state index contributed by atoms with van der Waals surface area (Å²) in [4.78, 5) is 21.5. The third-order valence-corrected chi connectivity index (χ3v) is 5.86. The van der Waals surface area contributed by atoms with Crippen molar-refractivity contribution in [3.05, 3.63) is 109 Å². The first-order chi connectivity index (χ1) is 18.5. The summed E-state index contributed by atoms with van der Waals surface area (Å²) in [6, 6.07) is 21.3. The standard InChI is InChI=1S/C25H27N3O3.C4H8.C3H6/c1-19(20-8-4-3-5-9-20)31-22-12-11-21(18-23(22)30-2)25(29)28-16-14-27(15-17-28)24-10-6-7-13-26-24;1-3-4-2;1-3-2/h3-13,18-19H,14-17H2,1-2H3;3-4H,1-2H3;3H,1H2,2H3/b;4-3-;. The zero-order valence-electron chi connectivity index (χ0n) is 23.3. The van der Waals surface area contributed by atoms with Crippen molar-refractivity contribution in [1.29, 1.82) is 0 Å². The summed E-state index contributed by atoms with van der Waals surface area (Å²) in [5.74, 6) is 2.13. The van der Waals surface area contributed by atoms with Crippen molar-refractivity contribution in [3.63, 3.8) is 0 Å². The Bertz CT molecular complexity index is 1120. The Morgan fingerprint density at radius 3 is 2.11 bits per heavy atom. The van der Waals surface area contributed by atoms with Crippen molar-refractivity contribution in [1.82, 2.24) is 9.88 Å². The van der Waals surface area contributed by atoms with Crippen LogP contribution >= 0.6 is 0 Å². The van der Waals surface area contributed by atoms with Crippen molar-refractivity contribution in [2.75, 3.05) is 38.2 Å². The van der Waals surface area contributed by atoms with Crippen LogP contribution in [0.2, 0.25) is 0 Å². The van der Waals surface area contributed by atoms with E-state index >= 15 is 0 Å². The van der Waals surface area contributed by atoms with Gasteiger partial charge in [0.1, 0.15) is 11.9 Å². The van der Waals surface area contributed by atoms with Crippen LogP contribution in [-0.4, -0.2) is 49.1 Å². The maximum Gasteiger partial charge on any atom is 0.254 e. The molecular formula is C32H41N3O3. The number of hydrogen-bond donors (Lipinski definition) is 0. The van der Waals surface area contributed by atoms with Gasteiger partial charge in [0.2, 0.25) is 0 Å². The number of carbonyl (C=O) groups excluding carboxylic acids is 1. The zero-order chi connectivity index (χ0) is 27.8. The van der Waals surface area contributed by atoms with Crippen molar-refractivity contribution in [3.8, 4) is 11.5 Å². The van der Waals surface area contributed by atoms with Gasteiger partial charge in [-0.05, 0) is 63.6 Å². The molecule has 2 heterocycles. The monoisotopic (exact) mass is 515 g/mol. The van der Waals surface area contributed by atoms with Gasteiger partial charge in [-0.3, -0.25) is 4.79 Å². The number of benzene rings is 2. The average molecular weight is 516 g/mol. The highest BCUT2D eigenvalue weighted by Crippen LogP contribution is 2.32. The molecule has 1 amide bonds. The number of anilines is 1. The van der Waals surface area contributed by atoms with E-state index in [1.807, 2.05) is 105 Å². The molecule has 38 heavy (non-hydrogen) atoms. The van der Waals surface area contributed by atoms with Crippen LogP contribution < -0.4 is 14.4 Å². The summed E-state index contributed by atoms with van der Waals surface area (Å²) in [7, 11) is 1.59. The second-order valence-corrected chi connectivity index (χ2v) is 8.58. The molecule has 1 aliphatic rings. The predicted molar refractivity (Wildman–Crippen MR) is 157 cm³/mol. The minimum Gasteiger partial charge on any atom is -0.493 e. The average Bonchev–Trinajstić information content (AvgIpc) is 2.98. The SMILES string of the molecule is C/C=C\C.C=CC.COc1cc(C(=O)N2CCN(c3ccccn3)CC2)ccc1OC(C)c1ccccc1. The first kappa shape index (κ1) is 30.2. The van der Waals surface area contributed by atoms with Crippen LogP contribution in [0, 0.1) is 0 Å². The smallest absolute Gasteiger partial charge is 0.254 e. The Balaban J connectivity index is 0.000000650. The molecule has 4 rings (SSSR count). The highest BCUT2D eigenvalue weighted by atomic mass is 16.5. The van der Waals surface area contributed by atoms with E-state index in [1.165, 1.54) is 0 Å². The van der Waals surface area contributed by atoms with E-state index in [4.69, 9.17) is 9.47 Å². The van der Waals surface area contributed by atoms with Crippen LogP contribution in [0.5, 0.6) is 11.5 Å². The van der Waals surface area contributed by atoms with E-state index in [0.717, 1.165) is 24.5 Å². The number of pyridine rings is 1. The molecule has 2 aromatic carbocycles. The van der Waals surface area contributed by atoms with Gasteiger partial charge in [-0.1, -0.05) is 54.6 Å². The van der Waals surface area contributed by atoms with Gasteiger partial charge in [0.25, 0.3) is 5.91 Å².